The molecule has 138 heavy (non-hydrogen) atoms. The number of rotatable bonds is 30. The van der Waals surface area contributed by atoms with Gasteiger partial charge in [0.25, 0.3) is 0 Å². The maximum Gasteiger partial charge on any atom is 0.347 e. The highest BCUT2D eigenvalue weighted by Crippen LogP contribution is 2.65. The standard InChI is InChI=1S/C24H34O8.C16H22O6.2C16H26O3.C15H28O2.C13H24O2.C10H16O4/c1-5-22(3,4)19(26)29-13-16(25)30-17-14-11-15-18(17)31-20(27)24(15,12-14)21(28)32-23(6-2)9-7-8-10-23;1-4-16(2,3)15(19)20-7-11(17)21-12-8-5-9-10(6-8)14(18)22-13(9)12;2*1-4-14(2,3)13(17)19-16-8-11-5-12(9-16)7-15(18,6-11)10-16;1-6-14(2,3)13(16)17-15(4,5)12-10-8-7-9-11-12;1-5-12(3,4)11(14)15-13(6-2)9-7-8-10-13;1-4-10(2,3)9(12)14-7-5-6-13-8(7)11/h14-15,17-18H,5-13H2,1-4H3;8-10,12-13H,4-7H2,1-3H3;2*11-12,18H,4-10H2,1-3H3;12H,6-11H2,1-5H3;5-10H2,1-4H3;7H,4-6H2,1-3H3. The van der Waals surface area contributed by atoms with E-state index in [2.05, 4.69) is 20.8 Å². The van der Waals surface area contributed by atoms with E-state index in [4.69, 9.17) is 61.6 Å². The number of hydrogen-bond acceptors (Lipinski definition) is 28. The SMILES string of the molecule is CCC(C)(C)C(=O)OC(C)(C)C1CCCCC1.CCC(C)(C)C(=O)OC12CC3CC(CC(O)(C3)C1)C2.CCC(C)(C)C(=O)OC12CC3CC(CC(O)(C3)C1)C2.CCC(C)(C)C(=O)OC1CCOC1=O.CCC(C)(C)C(=O)OCC(=O)OC1C2CC3C(=O)OC1C3C2.CCC1(OC(=O)C(C)(C)CC)CCCC1.CCC1(OC(=O)C23CC4CC2C(OC3=O)C4OC(=O)COC(=O)C(C)(C)CC)CCCC1. The third kappa shape index (κ3) is 25.9. The first-order valence-corrected chi connectivity index (χ1v) is 53.3. The molecule has 0 radical (unpaired) electrons. The molecule has 18 fully saturated rings. The van der Waals surface area contributed by atoms with Gasteiger partial charge >= 0.3 is 77.6 Å². The molecule has 15 atom stereocenters. The van der Waals surface area contributed by atoms with Gasteiger partial charge in [-0.05, 0) is 352 Å². The molecule has 15 aliphatic carbocycles. The first-order chi connectivity index (χ1) is 64.2. The van der Waals surface area contributed by atoms with Crippen LogP contribution < -0.4 is 0 Å². The Morgan fingerprint density at radius 2 is 0.775 bits per heavy atom. The van der Waals surface area contributed by atoms with E-state index in [0.29, 0.717) is 81.1 Å². The number of fused-ring (bicyclic) bond motifs is 2. The molecule has 18 rings (SSSR count). The van der Waals surface area contributed by atoms with Gasteiger partial charge in [0.15, 0.2) is 18.6 Å². The van der Waals surface area contributed by atoms with Crippen LogP contribution in [0.15, 0.2) is 0 Å². The topological polar surface area (TPSA) is 382 Å². The van der Waals surface area contributed by atoms with Crippen LogP contribution >= 0.6 is 0 Å². The van der Waals surface area contributed by atoms with Crippen molar-refractivity contribution in [3.8, 4) is 0 Å². The molecule has 12 bridgehead atoms. The van der Waals surface area contributed by atoms with E-state index in [-0.39, 0.29) is 124 Å². The third-order valence-corrected chi connectivity index (χ3v) is 36.2. The van der Waals surface area contributed by atoms with Gasteiger partial charge in [-0.3, -0.25) is 47.9 Å². The second kappa shape index (κ2) is 43.9. The molecule has 2 N–H and O–H groups in total. The molecule has 15 unspecified atom stereocenters. The van der Waals surface area contributed by atoms with Gasteiger partial charge in [0, 0.05) is 42.9 Å². The van der Waals surface area contributed by atoms with Gasteiger partial charge in [-0.2, -0.15) is 0 Å². The van der Waals surface area contributed by atoms with Crippen LogP contribution in [0.2, 0.25) is 0 Å². The van der Waals surface area contributed by atoms with Crippen molar-refractivity contribution in [2.24, 2.45) is 102 Å². The Hall–Kier alpha value is -6.97. The van der Waals surface area contributed by atoms with E-state index in [0.717, 1.165) is 141 Å². The second-order valence-corrected chi connectivity index (χ2v) is 49.7. The Labute approximate surface area is 823 Å². The van der Waals surface area contributed by atoms with E-state index >= 15 is 0 Å². The van der Waals surface area contributed by atoms with Crippen molar-refractivity contribution < 1.29 is 134 Å². The molecular weight excluding hydrogens is 1770 g/mol. The summed E-state index contributed by atoms with van der Waals surface area (Å²) in [5.41, 5.74) is -7.34. The van der Waals surface area contributed by atoms with Crippen molar-refractivity contribution in [1.29, 1.82) is 0 Å². The molecule has 28 nitrogen and oxygen atoms in total. The number of hydrogen-bond donors (Lipinski definition) is 2. The summed E-state index contributed by atoms with van der Waals surface area (Å²) in [6.45, 7) is 47.9. The van der Waals surface area contributed by atoms with Gasteiger partial charge in [-0.15, -0.1) is 0 Å². The Bertz CT molecular complexity index is 4210. The minimum atomic E-state index is -1.28. The van der Waals surface area contributed by atoms with E-state index in [1.165, 1.54) is 57.8 Å². The van der Waals surface area contributed by atoms with Crippen LogP contribution in [-0.2, 0) is 124 Å². The summed E-state index contributed by atoms with van der Waals surface area (Å²) in [6.07, 6.45) is 32.9. The lowest BCUT2D eigenvalue weighted by Gasteiger charge is -2.59. The average Bonchev–Trinajstić information content (AvgIpc) is 1.52. The van der Waals surface area contributed by atoms with Crippen molar-refractivity contribution >= 4 is 77.6 Å². The average molecular weight is 1950 g/mol. The fourth-order valence-electron chi connectivity index (χ4n) is 24.5. The van der Waals surface area contributed by atoms with Gasteiger partial charge in [0.2, 0.25) is 6.10 Å². The van der Waals surface area contributed by atoms with Crippen LogP contribution in [0.25, 0.3) is 0 Å². The van der Waals surface area contributed by atoms with Gasteiger partial charge in [0.05, 0.1) is 61.6 Å². The van der Waals surface area contributed by atoms with E-state index in [1.54, 1.807) is 41.5 Å². The maximum absolute atomic E-state index is 13.3. The number of ether oxygens (including phenoxy) is 13. The minimum Gasteiger partial charge on any atom is -0.463 e. The Morgan fingerprint density at radius 1 is 0.384 bits per heavy atom. The highest BCUT2D eigenvalue weighted by atomic mass is 16.6. The highest BCUT2D eigenvalue weighted by Gasteiger charge is 2.76. The minimum absolute atomic E-state index is 0.00636. The largest absolute Gasteiger partial charge is 0.463 e. The maximum atomic E-state index is 13.3. The van der Waals surface area contributed by atoms with Crippen LogP contribution in [-0.4, -0.2) is 177 Å². The molecule has 3 heterocycles. The number of carbonyl (C=O) groups is 13. The molecule has 28 heteroatoms. The van der Waals surface area contributed by atoms with Gasteiger partial charge < -0.3 is 71.8 Å². The summed E-state index contributed by atoms with van der Waals surface area (Å²) in [4.78, 5) is 157. The zero-order chi connectivity index (χ0) is 103. The Balaban J connectivity index is 0.000000169. The Morgan fingerprint density at radius 3 is 1.17 bits per heavy atom. The van der Waals surface area contributed by atoms with Crippen molar-refractivity contribution in [2.75, 3.05) is 19.8 Å². The first kappa shape index (κ1) is 113. The monoisotopic (exact) mass is 1950 g/mol. The van der Waals surface area contributed by atoms with E-state index < -0.39 is 116 Å². The van der Waals surface area contributed by atoms with E-state index in [9.17, 15) is 72.5 Å². The van der Waals surface area contributed by atoms with Crippen LogP contribution in [0, 0.1) is 102 Å². The molecule has 3 saturated heterocycles. The predicted molar refractivity (Wildman–Crippen MR) is 513 cm³/mol. The van der Waals surface area contributed by atoms with Crippen LogP contribution in [0.3, 0.4) is 0 Å². The van der Waals surface area contributed by atoms with Crippen LogP contribution in [0.4, 0.5) is 0 Å². The highest BCUT2D eigenvalue weighted by molar-refractivity contribution is 6.03. The summed E-state index contributed by atoms with van der Waals surface area (Å²) >= 11 is 0. The van der Waals surface area contributed by atoms with E-state index in [1.807, 2.05) is 111 Å². The Kier molecular flexibility index (Phi) is 36.0. The summed E-state index contributed by atoms with van der Waals surface area (Å²) < 4.78 is 71.3. The van der Waals surface area contributed by atoms with Crippen molar-refractivity contribution in [3.63, 3.8) is 0 Å². The summed E-state index contributed by atoms with van der Waals surface area (Å²) in [6, 6.07) is 0. The summed E-state index contributed by atoms with van der Waals surface area (Å²) in [5, 5.41) is 21.3. The summed E-state index contributed by atoms with van der Waals surface area (Å²) in [7, 11) is 0. The van der Waals surface area contributed by atoms with Gasteiger partial charge in [-0.25, -0.2) is 14.4 Å². The lowest BCUT2D eigenvalue weighted by molar-refractivity contribution is -0.226. The number of esters is 13. The smallest absolute Gasteiger partial charge is 0.347 e. The zero-order valence-corrected chi connectivity index (χ0v) is 88.9. The number of aliphatic hydroxyl groups is 2. The third-order valence-electron chi connectivity index (χ3n) is 36.2. The zero-order valence-electron chi connectivity index (χ0n) is 88.9. The predicted octanol–water partition coefficient (Wildman–Crippen LogP) is 19.9. The lowest BCUT2D eigenvalue weighted by Crippen LogP contribution is -2.61. The molecule has 3 aliphatic heterocycles. The molecule has 0 aromatic carbocycles. The number of carbonyl (C=O) groups excluding carboxylic acids is 13. The van der Waals surface area contributed by atoms with Crippen LogP contribution in [0.5, 0.6) is 0 Å². The van der Waals surface area contributed by atoms with Gasteiger partial charge in [-0.1, -0.05) is 81.6 Å². The van der Waals surface area contributed by atoms with Crippen molar-refractivity contribution in [3.05, 3.63) is 0 Å². The molecule has 0 spiro atoms. The van der Waals surface area contributed by atoms with Crippen molar-refractivity contribution in [2.45, 2.75) is 493 Å². The van der Waals surface area contributed by atoms with Crippen molar-refractivity contribution in [1.82, 2.24) is 0 Å². The quantitative estimate of drug-likeness (QED) is 0.0383. The fourth-order valence-corrected chi connectivity index (χ4v) is 24.5. The second-order valence-electron chi connectivity index (χ2n) is 49.7. The summed E-state index contributed by atoms with van der Waals surface area (Å²) in [5.74, 6) is -1.64. The van der Waals surface area contributed by atoms with Gasteiger partial charge in [0.1, 0.15) is 52.4 Å². The molecular formula is C110H176O28. The molecule has 18 aliphatic rings. The lowest BCUT2D eigenvalue weighted by atomic mass is 9.52. The van der Waals surface area contributed by atoms with Crippen LogP contribution in [0.1, 0.15) is 424 Å². The first-order valence-electron chi connectivity index (χ1n) is 53.3. The number of cyclic esters (lactones) is 1. The molecule has 0 aromatic heterocycles. The molecule has 15 saturated carbocycles. The molecule has 0 amide bonds. The molecule has 0 aromatic rings. The normalized spacial score (nSPS) is 32.6. The fraction of sp³-hybridized carbons (Fsp3) is 0.882. The molecule has 784 valence electrons.